The number of benzene rings is 1. The zero-order valence-corrected chi connectivity index (χ0v) is 12.2. The Hall–Kier alpha value is -2.12. The molecule has 1 fully saturated rings. The Morgan fingerprint density at radius 3 is 2.76 bits per heavy atom. The van der Waals surface area contributed by atoms with Crippen LogP contribution in [0.5, 0.6) is 0 Å². The van der Waals surface area contributed by atoms with Crippen molar-refractivity contribution in [2.75, 3.05) is 13.1 Å². The van der Waals surface area contributed by atoms with Gasteiger partial charge in [-0.05, 0) is 43.4 Å². The van der Waals surface area contributed by atoms with Gasteiger partial charge in [-0.25, -0.2) is 0 Å². The molecule has 0 radical (unpaired) electrons. The second kappa shape index (κ2) is 7.61. The van der Waals surface area contributed by atoms with Gasteiger partial charge >= 0.3 is 0 Å². The Morgan fingerprint density at radius 2 is 2.05 bits per heavy atom. The van der Waals surface area contributed by atoms with Crippen molar-refractivity contribution in [3.8, 4) is 6.07 Å². The quantitative estimate of drug-likeness (QED) is 0.859. The van der Waals surface area contributed by atoms with Crippen LogP contribution in [0.2, 0.25) is 0 Å². The highest BCUT2D eigenvalue weighted by atomic mass is 16.2. The lowest BCUT2D eigenvalue weighted by molar-refractivity contribution is -0.131. The molecule has 1 aromatic rings. The molecule has 1 atom stereocenters. The lowest BCUT2D eigenvalue weighted by Gasteiger charge is -2.20. The average molecular weight is 283 g/mol. The topological polar surface area (TPSA) is 70.1 Å². The molecule has 4 heteroatoms. The van der Waals surface area contributed by atoms with Gasteiger partial charge in [0.1, 0.15) is 0 Å². The van der Waals surface area contributed by atoms with Crippen LogP contribution in [0, 0.1) is 11.3 Å². The standard InChI is InChI=1S/C17H21N3O/c18-13-15-9-7-14(8-10-15)5-1-3-11-20-12-4-2-6-16(19)17(20)21/h1,3,7-10,16H,2,4-6,11-12,19H2/b3-1+. The summed E-state index contributed by atoms with van der Waals surface area (Å²) in [5, 5.41) is 8.74. The summed E-state index contributed by atoms with van der Waals surface area (Å²) in [6, 6.07) is 9.32. The minimum Gasteiger partial charge on any atom is -0.338 e. The summed E-state index contributed by atoms with van der Waals surface area (Å²) in [7, 11) is 0. The number of rotatable bonds is 4. The van der Waals surface area contributed by atoms with Crippen LogP contribution in [0.1, 0.15) is 30.4 Å². The maximum atomic E-state index is 12.0. The van der Waals surface area contributed by atoms with Crippen LogP contribution in [0.15, 0.2) is 36.4 Å². The summed E-state index contributed by atoms with van der Waals surface area (Å²) < 4.78 is 0. The van der Waals surface area contributed by atoms with Gasteiger partial charge in [0.05, 0.1) is 17.7 Å². The van der Waals surface area contributed by atoms with Crippen molar-refractivity contribution in [3.05, 3.63) is 47.5 Å². The van der Waals surface area contributed by atoms with E-state index in [4.69, 9.17) is 11.0 Å². The molecule has 0 aromatic heterocycles. The Kier molecular flexibility index (Phi) is 5.53. The fourth-order valence-electron chi connectivity index (χ4n) is 2.45. The SMILES string of the molecule is N#Cc1ccc(C/C=C/CN2CCCCC(N)C2=O)cc1. The largest absolute Gasteiger partial charge is 0.338 e. The molecule has 4 nitrogen and oxygen atoms in total. The van der Waals surface area contributed by atoms with E-state index in [1.165, 1.54) is 0 Å². The van der Waals surface area contributed by atoms with Crippen LogP contribution in [0.4, 0.5) is 0 Å². The summed E-state index contributed by atoms with van der Waals surface area (Å²) in [6.45, 7) is 1.43. The average Bonchev–Trinajstić information content (AvgIpc) is 2.67. The molecule has 1 saturated heterocycles. The van der Waals surface area contributed by atoms with Gasteiger partial charge in [0.15, 0.2) is 0 Å². The van der Waals surface area contributed by atoms with Crippen LogP contribution in [-0.2, 0) is 11.2 Å². The first-order valence-corrected chi connectivity index (χ1v) is 7.39. The molecule has 1 amide bonds. The number of hydrogen-bond acceptors (Lipinski definition) is 3. The third kappa shape index (κ3) is 4.44. The number of likely N-dealkylation sites (tertiary alicyclic amines) is 1. The second-order valence-electron chi connectivity index (χ2n) is 5.37. The van der Waals surface area contributed by atoms with Crippen LogP contribution < -0.4 is 5.73 Å². The first-order chi connectivity index (χ1) is 10.2. The van der Waals surface area contributed by atoms with Crippen LogP contribution >= 0.6 is 0 Å². The highest BCUT2D eigenvalue weighted by molar-refractivity contribution is 5.82. The van der Waals surface area contributed by atoms with E-state index in [1.807, 2.05) is 35.2 Å². The second-order valence-corrected chi connectivity index (χ2v) is 5.37. The van der Waals surface area contributed by atoms with Gasteiger partial charge in [-0.1, -0.05) is 24.3 Å². The number of carbonyl (C=O) groups excluding carboxylic acids is 1. The monoisotopic (exact) mass is 283 g/mol. The minimum atomic E-state index is -0.334. The van der Waals surface area contributed by atoms with Gasteiger partial charge in [-0.2, -0.15) is 5.26 Å². The molecule has 0 bridgehead atoms. The fourth-order valence-corrected chi connectivity index (χ4v) is 2.45. The van der Waals surface area contributed by atoms with E-state index in [-0.39, 0.29) is 11.9 Å². The zero-order valence-electron chi connectivity index (χ0n) is 12.2. The van der Waals surface area contributed by atoms with E-state index >= 15 is 0 Å². The Labute approximate surface area is 125 Å². The third-order valence-electron chi connectivity index (χ3n) is 3.75. The molecular weight excluding hydrogens is 262 g/mol. The number of hydrogen-bond donors (Lipinski definition) is 1. The Balaban J connectivity index is 1.84. The van der Waals surface area contributed by atoms with E-state index in [2.05, 4.69) is 12.1 Å². The summed E-state index contributed by atoms with van der Waals surface area (Å²) in [4.78, 5) is 13.9. The highest BCUT2D eigenvalue weighted by Crippen LogP contribution is 2.10. The smallest absolute Gasteiger partial charge is 0.239 e. The summed E-state index contributed by atoms with van der Waals surface area (Å²) >= 11 is 0. The molecule has 0 saturated carbocycles. The van der Waals surface area contributed by atoms with Gasteiger partial charge in [0.2, 0.25) is 5.91 Å². The molecule has 1 aromatic carbocycles. The predicted molar refractivity (Wildman–Crippen MR) is 82.4 cm³/mol. The van der Waals surface area contributed by atoms with Crippen molar-refractivity contribution in [2.45, 2.75) is 31.7 Å². The van der Waals surface area contributed by atoms with E-state index in [0.717, 1.165) is 37.8 Å². The first kappa shape index (κ1) is 15.3. The van der Waals surface area contributed by atoms with Crippen molar-refractivity contribution in [2.24, 2.45) is 5.73 Å². The summed E-state index contributed by atoms with van der Waals surface area (Å²) in [6.07, 6.45) is 7.74. The van der Waals surface area contributed by atoms with E-state index < -0.39 is 0 Å². The summed E-state index contributed by atoms with van der Waals surface area (Å²) in [5.41, 5.74) is 7.68. The Bertz CT molecular complexity index is 542. The molecule has 1 heterocycles. The minimum absolute atomic E-state index is 0.0653. The predicted octanol–water partition coefficient (Wildman–Crippen LogP) is 2.00. The number of amides is 1. The normalized spacial score (nSPS) is 19.5. The molecule has 1 aliphatic heterocycles. The molecule has 1 aliphatic rings. The molecule has 110 valence electrons. The van der Waals surface area contributed by atoms with Gasteiger partial charge in [-0.15, -0.1) is 0 Å². The molecular formula is C17H21N3O. The van der Waals surface area contributed by atoms with Crippen LogP contribution in [0.3, 0.4) is 0 Å². The third-order valence-corrected chi connectivity index (χ3v) is 3.75. The van der Waals surface area contributed by atoms with Crippen molar-refractivity contribution in [3.63, 3.8) is 0 Å². The van der Waals surface area contributed by atoms with E-state index in [0.29, 0.717) is 12.1 Å². The number of nitrogens with two attached hydrogens (primary N) is 1. The maximum absolute atomic E-state index is 12.0. The fraction of sp³-hybridized carbons (Fsp3) is 0.412. The van der Waals surface area contributed by atoms with Crippen molar-refractivity contribution in [1.29, 1.82) is 5.26 Å². The van der Waals surface area contributed by atoms with E-state index in [1.54, 1.807) is 0 Å². The van der Waals surface area contributed by atoms with Gasteiger partial charge in [0, 0.05) is 13.1 Å². The number of nitriles is 1. The van der Waals surface area contributed by atoms with E-state index in [9.17, 15) is 4.79 Å². The lowest BCUT2D eigenvalue weighted by Crippen LogP contribution is -2.42. The molecule has 0 aliphatic carbocycles. The van der Waals surface area contributed by atoms with Crippen LogP contribution in [-0.4, -0.2) is 29.9 Å². The van der Waals surface area contributed by atoms with Gasteiger partial charge in [-0.3, -0.25) is 4.79 Å². The van der Waals surface area contributed by atoms with Gasteiger partial charge < -0.3 is 10.6 Å². The van der Waals surface area contributed by atoms with Gasteiger partial charge in [0.25, 0.3) is 0 Å². The Morgan fingerprint density at radius 1 is 1.29 bits per heavy atom. The molecule has 21 heavy (non-hydrogen) atoms. The molecule has 1 unspecified atom stereocenters. The number of carbonyl (C=O) groups is 1. The number of allylic oxidation sites excluding steroid dienone is 1. The number of nitrogens with zero attached hydrogens (tertiary/aromatic N) is 2. The van der Waals surface area contributed by atoms with Crippen molar-refractivity contribution < 1.29 is 4.79 Å². The maximum Gasteiger partial charge on any atom is 0.239 e. The highest BCUT2D eigenvalue weighted by Gasteiger charge is 2.22. The molecule has 2 rings (SSSR count). The molecule has 2 N–H and O–H groups in total. The van der Waals surface area contributed by atoms with Crippen molar-refractivity contribution >= 4 is 5.91 Å². The first-order valence-electron chi connectivity index (χ1n) is 7.39. The zero-order chi connectivity index (χ0) is 15.1. The molecule has 0 spiro atoms. The van der Waals surface area contributed by atoms with Crippen LogP contribution in [0.25, 0.3) is 0 Å². The summed E-state index contributed by atoms with van der Waals surface area (Å²) in [5.74, 6) is 0.0653. The van der Waals surface area contributed by atoms with Crippen molar-refractivity contribution in [1.82, 2.24) is 4.90 Å². The lowest BCUT2D eigenvalue weighted by atomic mass is 10.1.